The van der Waals surface area contributed by atoms with Gasteiger partial charge in [-0.25, -0.2) is 8.78 Å². The minimum Gasteiger partial charge on any atom is -0.406 e. The minimum absolute atomic E-state index is 0.0132. The van der Waals surface area contributed by atoms with Crippen molar-refractivity contribution in [1.82, 2.24) is 15.5 Å². The van der Waals surface area contributed by atoms with Gasteiger partial charge in [0.1, 0.15) is 11.6 Å². The highest BCUT2D eigenvalue weighted by molar-refractivity contribution is 5.53. The smallest absolute Gasteiger partial charge is 0.320 e. The molecule has 2 N–H and O–H groups in total. The first-order chi connectivity index (χ1) is 9.01. The Balaban J connectivity index is 2.22. The predicted molar refractivity (Wildman–Crippen MR) is 66.2 cm³/mol. The summed E-state index contributed by atoms with van der Waals surface area (Å²) < 4.78 is 32.3. The number of nitrogens with one attached hydrogen (secondary N) is 2. The van der Waals surface area contributed by atoms with Gasteiger partial charge in [-0.2, -0.15) is 0 Å². The van der Waals surface area contributed by atoms with Crippen molar-refractivity contribution in [3.8, 4) is 0 Å². The van der Waals surface area contributed by atoms with Crippen LogP contribution < -0.4 is 10.6 Å². The SMILES string of the molecule is CNC(C)c1nnc(Nc2cc(F)c(C)cc2F)o1. The highest BCUT2D eigenvalue weighted by Crippen LogP contribution is 2.23. The van der Waals surface area contributed by atoms with Gasteiger partial charge in [-0.15, -0.1) is 5.10 Å². The van der Waals surface area contributed by atoms with E-state index in [0.717, 1.165) is 12.1 Å². The van der Waals surface area contributed by atoms with Gasteiger partial charge < -0.3 is 15.1 Å². The maximum absolute atomic E-state index is 13.6. The fourth-order valence-electron chi connectivity index (χ4n) is 1.44. The summed E-state index contributed by atoms with van der Waals surface area (Å²) in [7, 11) is 1.75. The average molecular weight is 268 g/mol. The van der Waals surface area contributed by atoms with E-state index in [-0.39, 0.29) is 23.3 Å². The Hall–Kier alpha value is -2.02. The normalized spacial score (nSPS) is 12.5. The van der Waals surface area contributed by atoms with Gasteiger partial charge in [0, 0.05) is 6.07 Å². The summed E-state index contributed by atoms with van der Waals surface area (Å²) in [6.45, 7) is 3.32. The molecular formula is C12H14F2N4O. The summed E-state index contributed by atoms with van der Waals surface area (Å²) >= 11 is 0. The lowest BCUT2D eigenvalue weighted by Crippen LogP contribution is -2.12. The third kappa shape index (κ3) is 2.87. The van der Waals surface area contributed by atoms with Crippen LogP contribution in [0.1, 0.15) is 24.4 Å². The minimum atomic E-state index is -0.583. The molecule has 0 fully saturated rings. The summed E-state index contributed by atoms with van der Waals surface area (Å²) in [5.74, 6) is -0.731. The molecule has 2 aromatic rings. The largest absolute Gasteiger partial charge is 0.406 e. The number of rotatable bonds is 4. The van der Waals surface area contributed by atoms with Gasteiger partial charge in [-0.3, -0.25) is 0 Å². The van der Waals surface area contributed by atoms with Crippen molar-refractivity contribution in [2.24, 2.45) is 0 Å². The molecule has 0 aliphatic rings. The van der Waals surface area contributed by atoms with E-state index in [4.69, 9.17) is 4.42 Å². The van der Waals surface area contributed by atoms with E-state index in [1.54, 1.807) is 7.05 Å². The van der Waals surface area contributed by atoms with E-state index in [0.29, 0.717) is 5.89 Å². The van der Waals surface area contributed by atoms with Gasteiger partial charge in [0.25, 0.3) is 0 Å². The van der Waals surface area contributed by atoms with Crippen molar-refractivity contribution >= 4 is 11.7 Å². The number of hydrogen-bond acceptors (Lipinski definition) is 5. The molecule has 2 rings (SSSR count). The Morgan fingerprint density at radius 2 is 1.95 bits per heavy atom. The number of aromatic nitrogens is 2. The van der Waals surface area contributed by atoms with E-state index in [1.807, 2.05) is 6.92 Å². The first kappa shape index (κ1) is 13.4. The van der Waals surface area contributed by atoms with E-state index in [2.05, 4.69) is 20.8 Å². The first-order valence-corrected chi connectivity index (χ1v) is 5.74. The molecule has 0 radical (unpaired) electrons. The zero-order valence-corrected chi connectivity index (χ0v) is 10.8. The molecule has 1 heterocycles. The van der Waals surface area contributed by atoms with Crippen molar-refractivity contribution in [3.05, 3.63) is 35.2 Å². The van der Waals surface area contributed by atoms with Gasteiger partial charge in [0.05, 0.1) is 11.7 Å². The average Bonchev–Trinajstić information content (AvgIpc) is 2.83. The topological polar surface area (TPSA) is 63.0 Å². The highest BCUT2D eigenvalue weighted by Gasteiger charge is 2.14. The molecule has 102 valence electrons. The monoisotopic (exact) mass is 268 g/mol. The number of nitrogens with zero attached hydrogens (tertiary/aromatic N) is 2. The first-order valence-electron chi connectivity index (χ1n) is 5.74. The second kappa shape index (κ2) is 5.31. The van der Waals surface area contributed by atoms with Crippen LogP contribution in [0.2, 0.25) is 0 Å². The van der Waals surface area contributed by atoms with Crippen molar-refractivity contribution in [2.75, 3.05) is 12.4 Å². The van der Waals surface area contributed by atoms with Gasteiger partial charge in [-0.05, 0) is 32.5 Å². The van der Waals surface area contributed by atoms with E-state index in [1.165, 1.54) is 6.92 Å². The van der Waals surface area contributed by atoms with Crippen molar-refractivity contribution in [1.29, 1.82) is 0 Å². The maximum atomic E-state index is 13.6. The molecule has 0 saturated heterocycles. The lowest BCUT2D eigenvalue weighted by Gasteiger charge is -2.05. The number of benzene rings is 1. The fraction of sp³-hybridized carbons (Fsp3) is 0.333. The molecule has 1 unspecified atom stereocenters. The van der Waals surface area contributed by atoms with Crippen LogP contribution in [0.3, 0.4) is 0 Å². The quantitative estimate of drug-likeness (QED) is 0.892. The molecule has 1 aromatic carbocycles. The van der Waals surface area contributed by atoms with Gasteiger partial charge in [0.15, 0.2) is 0 Å². The van der Waals surface area contributed by atoms with Crippen LogP contribution in [0.4, 0.5) is 20.5 Å². The van der Waals surface area contributed by atoms with Crippen molar-refractivity contribution < 1.29 is 13.2 Å². The molecule has 19 heavy (non-hydrogen) atoms. The Morgan fingerprint density at radius 1 is 1.21 bits per heavy atom. The third-order valence-corrected chi connectivity index (χ3v) is 2.73. The van der Waals surface area contributed by atoms with E-state index < -0.39 is 11.6 Å². The number of aryl methyl sites for hydroxylation is 1. The second-order valence-corrected chi connectivity index (χ2v) is 4.16. The molecule has 1 aromatic heterocycles. The molecule has 0 amide bonds. The maximum Gasteiger partial charge on any atom is 0.320 e. The third-order valence-electron chi connectivity index (χ3n) is 2.73. The number of hydrogen-bond donors (Lipinski definition) is 2. The lowest BCUT2D eigenvalue weighted by molar-refractivity contribution is 0.443. The van der Waals surface area contributed by atoms with Crippen LogP contribution in [0, 0.1) is 18.6 Å². The summed E-state index contributed by atoms with van der Waals surface area (Å²) in [6.07, 6.45) is 0. The Labute approximate surface area is 109 Å². The van der Waals surface area contributed by atoms with Crippen LogP contribution in [0.15, 0.2) is 16.5 Å². The summed E-state index contributed by atoms with van der Waals surface area (Å²) in [4.78, 5) is 0. The molecule has 0 saturated carbocycles. The summed E-state index contributed by atoms with van der Waals surface area (Å²) in [6, 6.07) is 2.04. The molecule has 5 nitrogen and oxygen atoms in total. The lowest BCUT2D eigenvalue weighted by atomic mass is 10.2. The zero-order chi connectivity index (χ0) is 14.0. The molecule has 0 bridgehead atoms. The van der Waals surface area contributed by atoms with Crippen molar-refractivity contribution in [2.45, 2.75) is 19.9 Å². The van der Waals surface area contributed by atoms with Crippen LogP contribution >= 0.6 is 0 Å². The van der Waals surface area contributed by atoms with Crippen LogP contribution in [-0.4, -0.2) is 17.2 Å². The predicted octanol–water partition coefficient (Wildman–Crippen LogP) is 2.68. The molecular weight excluding hydrogens is 254 g/mol. The zero-order valence-electron chi connectivity index (χ0n) is 10.8. The number of anilines is 2. The Kier molecular flexibility index (Phi) is 3.75. The number of halogens is 2. The summed E-state index contributed by atoms with van der Waals surface area (Å²) in [5.41, 5.74) is 0.188. The highest BCUT2D eigenvalue weighted by atomic mass is 19.1. The Morgan fingerprint density at radius 3 is 2.63 bits per heavy atom. The molecule has 0 aliphatic carbocycles. The fourth-order valence-corrected chi connectivity index (χ4v) is 1.44. The van der Waals surface area contributed by atoms with E-state index >= 15 is 0 Å². The second-order valence-electron chi connectivity index (χ2n) is 4.16. The molecule has 0 aliphatic heterocycles. The van der Waals surface area contributed by atoms with Crippen LogP contribution in [-0.2, 0) is 0 Å². The summed E-state index contributed by atoms with van der Waals surface area (Å²) in [5, 5.41) is 13.0. The molecule has 0 spiro atoms. The Bertz CT molecular complexity index is 585. The van der Waals surface area contributed by atoms with Crippen molar-refractivity contribution in [3.63, 3.8) is 0 Å². The van der Waals surface area contributed by atoms with Gasteiger partial charge >= 0.3 is 6.01 Å². The van der Waals surface area contributed by atoms with Crippen LogP contribution in [0.25, 0.3) is 0 Å². The molecule has 1 atom stereocenters. The van der Waals surface area contributed by atoms with Crippen LogP contribution in [0.5, 0.6) is 0 Å². The van der Waals surface area contributed by atoms with Gasteiger partial charge in [-0.1, -0.05) is 5.10 Å². The van der Waals surface area contributed by atoms with E-state index in [9.17, 15) is 8.78 Å². The molecule has 7 heteroatoms. The standard InChI is InChI=1S/C12H14F2N4O/c1-6-4-9(14)10(5-8(6)13)16-12-18-17-11(19-12)7(2)15-3/h4-5,7,15H,1-3H3,(H,16,18). The van der Waals surface area contributed by atoms with Gasteiger partial charge in [0.2, 0.25) is 5.89 Å².